The number of amides is 2. The van der Waals surface area contributed by atoms with Crippen molar-refractivity contribution in [2.45, 2.75) is 66.6 Å². The predicted octanol–water partition coefficient (Wildman–Crippen LogP) is 4.61. The monoisotopic (exact) mass is 466 g/mol. The van der Waals surface area contributed by atoms with Crippen LogP contribution in [0.4, 0.5) is 0 Å². The van der Waals surface area contributed by atoms with Crippen LogP contribution in [0.2, 0.25) is 0 Å². The molecule has 6 nitrogen and oxygen atoms in total. The Morgan fingerprint density at radius 3 is 1.35 bits per heavy atom. The Morgan fingerprint density at radius 1 is 0.706 bits per heavy atom. The highest BCUT2D eigenvalue weighted by molar-refractivity contribution is 5.83. The van der Waals surface area contributed by atoms with Crippen molar-refractivity contribution in [1.29, 1.82) is 0 Å². The van der Waals surface area contributed by atoms with Crippen molar-refractivity contribution in [3.05, 3.63) is 58.7 Å². The number of piperazine rings is 1. The summed E-state index contributed by atoms with van der Waals surface area (Å²) in [6, 6.07) is 12.0. The van der Waals surface area contributed by atoms with E-state index in [2.05, 4.69) is 12.1 Å². The molecule has 34 heavy (non-hydrogen) atoms. The lowest BCUT2D eigenvalue weighted by Gasteiger charge is -2.37. The van der Waals surface area contributed by atoms with E-state index in [9.17, 15) is 9.59 Å². The zero-order chi connectivity index (χ0) is 24.8. The maximum atomic E-state index is 13.2. The minimum Gasteiger partial charge on any atom is -0.480 e. The summed E-state index contributed by atoms with van der Waals surface area (Å²) < 4.78 is 12.2. The van der Waals surface area contributed by atoms with E-state index in [0.717, 1.165) is 33.8 Å². The van der Waals surface area contributed by atoms with Gasteiger partial charge in [0, 0.05) is 26.2 Å². The predicted molar refractivity (Wildman–Crippen MR) is 134 cm³/mol. The molecule has 0 aromatic heterocycles. The van der Waals surface area contributed by atoms with Crippen LogP contribution in [-0.2, 0) is 9.59 Å². The number of carbonyl (C=O) groups excluding carboxylic acids is 2. The SMILES string of the molecule is CCC(Oc1ccc(C)cc1C)C(=O)N1CCN(C(=O)C(CC)Oc2ccc(C)cc2C)CC1. The molecule has 3 rings (SSSR count). The van der Waals surface area contributed by atoms with Gasteiger partial charge in [0.25, 0.3) is 11.8 Å². The van der Waals surface area contributed by atoms with Gasteiger partial charge in [-0.05, 0) is 63.8 Å². The Balaban J connectivity index is 1.58. The van der Waals surface area contributed by atoms with E-state index in [4.69, 9.17) is 9.47 Å². The van der Waals surface area contributed by atoms with Crippen LogP contribution in [0, 0.1) is 27.7 Å². The van der Waals surface area contributed by atoms with E-state index in [1.54, 1.807) is 0 Å². The molecule has 2 aromatic rings. The molecule has 1 heterocycles. The van der Waals surface area contributed by atoms with Crippen molar-refractivity contribution in [3.8, 4) is 11.5 Å². The summed E-state index contributed by atoms with van der Waals surface area (Å²) >= 11 is 0. The number of benzene rings is 2. The van der Waals surface area contributed by atoms with Gasteiger partial charge < -0.3 is 19.3 Å². The molecule has 0 saturated carbocycles. The average molecular weight is 467 g/mol. The van der Waals surface area contributed by atoms with Gasteiger partial charge >= 0.3 is 0 Å². The topological polar surface area (TPSA) is 59.1 Å². The molecule has 2 atom stereocenters. The Labute approximate surface area is 203 Å². The van der Waals surface area contributed by atoms with Crippen LogP contribution < -0.4 is 9.47 Å². The second-order valence-electron chi connectivity index (χ2n) is 9.22. The minimum absolute atomic E-state index is 0.0202. The second-order valence-corrected chi connectivity index (χ2v) is 9.22. The van der Waals surface area contributed by atoms with Crippen LogP contribution in [0.25, 0.3) is 0 Å². The smallest absolute Gasteiger partial charge is 0.263 e. The van der Waals surface area contributed by atoms with Crippen molar-refractivity contribution in [1.82, 2.24) is 9.80 Å². The quantitative estimate of drug-likeness (QED) is 0.570. The first-order valence-electron chi connectivity index (χ1n) is 12.3. The molecule has 0 N–H and O–H groups in total. The lowest BCUT2D eigenvalue weighted by molar-refractivity contribution is -0.147. The van der Waals surface area contributed by atoms with E-state index in [1.807, 2.05) is 75.6 Å². The molecular weight excluding hydrogens is 428 g/mol. The molecule has 0 radical (unpaired) electrons. The van der Waals surface area contributed by atoms with Gasteiger partial charge in [-0.2, -0.15) is 0 Å². The minimum atomic E-state index is -0.528. The molecule has 2 unspecified atom stereocenters. The van der Waals surface area contributed by atoms with Gasteiger partial charge in [0.15, 0.2) is 12.2 Å². The molecule has 1 fully saturated rings. The Hall–Kier alpha value is -3.02. The van der Waals surface area contributed by atoms with Crippen molar-refractivity contribution in [3.63, 3.8) is 0 Å². The number of ether oxygens (including phenoxy) is 2. The largest absolute Gasteiger partial charge is 0.480 e. The summed E-state index contributed by atoms with van der Waals surface area (Å²) in [6.45, 7) is 14.0. The summed E-state index contributed by atoms with van der Waals surface area (Å²) in [6.07, 6.45) is 0.125. The van der Waals surface area contributed by atoms with Gasteiger partial charge in [-0.15, -0.1) is 0 Å². The first kappa shape index (κ1) is 25.6. The van der Waals surface area contributed by atoms with Crippen LogP contribution in [0.5, 0.6) is 11.5 Å². The third-order valence-corrected chi connectivity index (χ3v) is 6.39. The number of carbonyl (C=O) groups is 2. The zero-order valence-electron chi connectivity index (χ0n) is 21.4. The first-order valence-corrected chi connectivity index (χ1v) is 12.3. The summed E-state index contributed by atoms with van der Waals surface area (Å²) in [5, 5.41) is 0. The molecule has 1 saturated heterocycles. The second kappa shape index (κ2) is 11.4. The van der Waals surface area contributed by atoms with Gasteiger partial charge in [-0.1, -0.05) is 49.2 Å². The van der Waals surface area contributed by atoms with Gasteiger partial charge in [-0.3, -0.25) is 9.59 Å². The molecule has 2 amide bonds. The van der Waals surface area contributed by atoms with Crippen molar-refractivity contribution < 1.29 is 19.1 Å². The zero-order valence-corrected chi connectivity index (χ0v) is 21.4. The lowest BCUT2D eigenvalue weighted by Crippen LogP contribution is -2.55. The Bertz CT molecular complexity index is 930. The molecular formula is C28H38N2O4. The number of nitrogens with zero attached hydrogens (tertiary/aromatic N) is 2. The van der Waals surface area contributed by atoms with Crippen molar-refractivity contribution in [2.24, 2.45) is 0 Å². The molecule has 1 aliphatic heterocycles. The van der Waals surface area contributed by atoms with Gasteiger partial charge in [0.05, 0.1) is 0 Å². The summed E-state index contributed by atoms with van der Waals surface area (Å²) in [4.78, 5) is 29.9. The highest BCUT2D eigenvalue weighted by Crippen LogP contribution is 2.23. The molecule has 2 aromatic carbocycles. The van der Waals surface area contributed by atoms with Gasteiger partial charge in [0.1, 0.15) is 11.5 Å². The van der Waals surface area contributed by atoms with Crippen molar-refractivity contribution >= 4 is 11.8 Å². The summed E-state index contributed by atoms with van der Waals surface area (Å²) in [7, 11) is 0. The van der Waals surface area contributed by atoms with Crippen LogP contribution in [-0.4, -0.2) is 60.0 Å². The molecule has 0 spiro atoms. The van der Waals surface area contributed by atoms with Crippen molar-refractivity contribution in [2.75, 3.05) is 26.2 Å². The number of rotatable bonds is 8. The summed E-state index contributed by atoms with van der Waals surface area (Å²) in [5.74, 6) is 1.45. The fraction of sp³-hybridized carbons (Fsp3) is 0.500. The molecule has 1 aliphatic rings. The summed E-state index contributed by atoms with van der Waals surface area (Å²) in [5.41, 5.74) is 4.38. The highest BCUT2D eigenvalue weighted by atomic mass is 16.5. The lowest BCUT2D eigenvalue weighted by atomic mass is 10.1. The van der Waals surface area contributed by atoms with E-state index < -0.39 is 12.2 Å². The molecule has 0 aliphatic carbocycles. The van der Waals surface area contributed by atoms with Crippen LogP contribution in [0.15, 0.2) is 36.4 Å². The fourth-order valence-corrected chi connectivity index (χ4v) is 4.34. The highest BCUT2D eigenvalue weighted by Gasteiger charge is 2.32. The maximum Gasteiger partial charge on any atom is 0.263 e. The van der Waals surface area contributed by atoms with Crippen LogP contribution in [0.1, 0.15) is 48.9 Å². The van der Waals surface area contributed by atoms with E-state index >= 15 is 0 Å². The first-order chi connectivity index (χ1) is 16.2. The van der Waals surface area contributed by atoms with Crippen LogP contribution >= 0.6 is 0 Å². The number of hydrogen-bond acceptors (Lipinski definition) is 4. The Morgan fingerprint density at radius 2 is 1.06 bits per heavy atom. The maximum absolute atomic E-state index is 13.2. The number of hydrogen-bond donors (Lipinski definition) is 0. The fourth-order valence-electron chi connectivity index (χ4n) is 4.34. The van der Waals surface area contributed by atoms with Crippen LogP contribution in [0.3, 0.4) is 0 Å². The van der Waals surface area contributed by atoms with E-state index in [-0.39, 0.29) is 11.8 Å². The van der Waals surface area contributed by atoms with Gasteiger partial charge in [0.2, 0.25) is 0 Å². The standard InChI is InChI=1S/C28H38N2O4/c1-7-23(33-25-11-9-19(3)17-21(25)5)27(31)29-13-15-30(16-14-29)28(32)24(8-2)34-26-12-10-20(4)18-22(26)6/h9-12,17-18,23-24H,7-8,13-16H2,1-6H3. The number of aryl methyl sites for hydroxylation is 4. The molecule has 0 bridgehead atoms. The normalized spacial score (nSPS) is 15.6. The third-order valence-electron chi connectivity index (χ3n) is 6.39. The molecule has 6 heteroatoms. The average Bonchev–Trinajstić information content (AvgIpc) is 2.82. The molecule has 184 valence electrons. The third kappa shape index (κ3) is 6.10. The van der Waals surface area contributed by atoms with E-state index in [0.29, 0.717) is 39.0 Å². The Kier molecular flexibility index (Phi) is 8.59. The van der Waals surface area contributed by atoms with Gasteiger partial charge in [-0.25, -0.2) is 0 Å². The van der Waals surface area contributed by atoms with E-state index in [1.165, 1.54) is 0 Å².